The van der Waals surface area contributed by atoms with Crippen LogP contribution in [0.3, 0.4) is 0 Å². The molecular formula is C11H20N2O. The third-order valence-corrected chi connectivity index (χ3v) is 4.67. The van der Waals surface area contributed by atoms with E-state index in [4.69, 9.17) is 10.5 Å². The van der Waals surface area contributed by atoms with E-state index in [0.29, 0.717) is 11.5 Å². The third-order valence-electron chi connectivity index (χ3n) is 4.67. The zero-order valence-electron chi connectivity index (χ0n) is 8.72. The highest BCUT2D eigenvalue weighted by atomic mass is 16.5. The molecule has 3 fully saturated rings. The summed E-state index contributed by atoms with van der Waals surface area (Å²) in [5.41, 5.74) is 6.84. The molecule has 1 aliphatic carbocycles. The zero-order valence-corrected chi connectivity index (χ0v) is 8.72. The molecule has 3 N–H and O–H groups in total. The standard InChI is InChI=1S/C11H20N2O/c12-9-10(4-6-13-7-5-10)8-14-11(9)2-1-3-11/h9,13H,1-8,12H2/t9-/m0/s1. The molecule has 3 aliphatic rings. The molecule has 2 aliphatic heterocycles. The molecule has 1 saturated carbocycles. The second kappa shape index (κ2) is 2.94. The molecule has 0 aromatic rings. The predicted molar refractivity (Wildman–Crippen MR) is 55.0 cm³/mol. The van der Waals surface area contributed by atoms with Gasteiger partial charge in [-0.15, -0.1) is 0 Å². The Morgan fingerprint density at radius 1 is 1.14 bits per heavy atom. The maximum atomic E-state index is 6.43. The molecule has 3 rings (SSSR count). The molecule has 2 heterocycles. The van der Waals surface area contributed by atoms with E-state index in [9.17, 15) is 0 Å². The SMILES string of the molecule is N[C@H]1C2(CCNCC2)COC12CCC2. The van der Waals surface area contributed by atoms with Crippen molar-refractivity contribution >= 4 is 0 Å². The molecule has 0 radical (unpaired) electrons. The summed E-state index contributed by atoms with van der Waals surface area (Å²) in [7, 11) is 0. The van der Waals surface area contributed by atoms with Gasteiger partial charge in [-0.05, 0) is 45.2 Å². The van der Waals surface area contributed by atoms with Crippen LogP contribution >= 0.6 is 0 Å². The van der Waals surface area contributed by atoms with Crippen LogP contribution in [-0.4, -0.2) is 31.3 Å². The second-order valence-corrected chi connectivity index (χ2v) is 5.30. The van der Waals surface area contributed by atoms with E-state index < -0.39 is 0 Å². The minimum Gasteiger partial charge on any atom is -0.373 e. The van der Waals surface area contributed by atoms with Crippen molar-refractivity contribution in [2.45, 2.75) is 43.7 Å². The van der Waals surface area contributed by atoms with E-state index in [1.807, 2.05) is 0 Å². The first kappa shape index (κ1) is 9.13. The van der Waals surface area contributed by atoms with E-state index in [2.05, 4.69) is 5.32 Å². The Hall–Kier alpha value is -0.120. The maximum absolute atomic E-state index is 6.43. The van der Waals surface area contributed by atoms with Gasteiger partial charge in [0.2, 0.25) is 0 Å². The number of nitrogens with two attached hydrogens (primary N) is 1. The maximum Gasteiger partial charge on any atom is 0.0839 e. The highest BCUT2D eigenvalue weighted by Crippen LogP contribution is 2.52. The van der Waals surface area contributed by atoms with Crippen LogP contribution in [0.4, 0.5) is 0 Å². The summed E-state index contributed by atoms with van der Waals surface area (Å²) >= 11 is 0. The summed E-state index contributed by atoms with van der Waals surface area (Å²) < 4.78 is 6.03. The molecule has 3 nitrogen and oxygen atoms in total. The fourth-order valence-electron chi connectivity index (χ4n) is 3.39. The Kier molecular flexibility index (Phi) is 1.92. The summed E-state index contributed by atoms with van der Waals surface area (Å²) in [6, 6.07) is 0.297. The molecule has 0 amide bonds. The first-order valence-electron chi connectivity index (χ1n) is 5.88. The molecule has 0 bridgehead atoms. The van der Waals surface area contributed by atoms with E-state index in [0.717, 1.165) is 19.7 Å². The molecule has 0 unspecified atom stereocenters. The highest BCUT2D eigenvalue weighted by Gasteiger charge is 2.58. The van der Waals surface area contributed by atoms with E-state index in [-0.39, 0.29) is 5.60 Å². The van der Waals surface area contributed by atoms with Gasteiger partial charge in [0.05, 0.1) is 12.2 Å². The summed E-state index contributed by atoms with van der Waals surface area (Å²) in [6.45, 7) is 3.15. The number of hydrogen-bond acceptors (Lipinski definition) is 3. The van der Waals surface area contributed by atoms with E-state index >= 15 is 0 Å². The minimum absolute atomic E-state index is 0.0946. The molecule has 1 atom stereocenters. The fraction of sp³-hybridized carbons (Fsp3) is 1.00. The third kappa shape index (κ3) is 1.03. The Labute approximate surface area is 85.4 Å². The predicted octanol–water partition coefficient (Wildman–Crippen LogP) is 0.636. The van der Waals surface area contributed by atoms with Crippen LogP contribution in [0.2, 0.25) is 0 Å². The average Bonchev–Trinajstić information content (AvgIpc) is 2.43. The fourth-order valence-corrected chi connectivity index (χ4v) is 3.39. The van der Waals surface area contributed by atoms with E-state index in [1.165, 1.54) is 32.1 Å². The Morgan fingerprint density at radius 2 is 1.86 bits per heavy atom. The van der Waals surface area contributed by atoms with Crippen LogP contribution in [0, 0.1) is 5.41 Å². The number of hydrogen-bond donors (Lipinski definition) is 2. The lowest BCUT2D eigenvalue weighted by molar-refractivity contribution is -0.0646. The summed E-state index contributed by atoms with van der Waals surface area (Å²) in [6.07, 6.45) is 6.11. The van der Waals surface area contributed by atoms with E-state index in [1.54, 1.807) is 0 Å². The van der Waals surface area contributed by atoms with Crippen LogP contribution in [0.25, 0.3) is 0 Å². The Balaban J connectivity index is 1.81. The lowest BCUT2D eigenvalue weighted by atomic mass is 9.64. The van der Waals surface area contributed by atoms with Crippen molar-refractivity contribution < 1.29 is 4.74 Å². The Morgan fingerprint density at radius 3 is 2.36 bits per heavy atom. The lowest BCUT2D eigenvalue weighted by Crippen LogP contribution is -2.57. The Bertz CT molecular complexity index is 231. The van der Waals surface area contributed by atoms with Crippen LogP contribution in [-0.2, 0) is 4.74 Å². The monoisotopic (exact) mass is 196 g/mol. The number of rotatable bonds is 0. The number of ether oxygens (including phenoxy) is 1. The normalized spacial score (nSPS) is 38.8. The van der Waals surface area contributed by atoms with Gasteiger partial charge in [-0.2, -0.15) is 0 Å². The average molecular weight is 196 g/mol. The largest absolute Gasteiger partial charge is 0.373 e. The van der Waals surface area contributed by atoms with Crippen molar-refractivity contribution in [2.24, 2.45) is 11.1 Å². The molecule has 0 aromatic heterocycles. The number of piperidine rings is 1. The topological polar surface area (TPSA) is 47.3 Å². The van der Waals surface area contributed by atoms with Crippen LogP contribution < -0.4 is 11.1 Å². The molecule has 2 spiro atoms. The van der Waals surface area contributed by atoms with Gasteiger partial charge in [-0.3, -0.25) is 0 Å². The first-order chi connectivity index (χ1) is 6.78. The van der Waals surface area contributed by atoms with Crippen molar-refractivity contribution in [2.75, 3.05) is 19.7 Å². The van der Waals surface area contributed by atoms with Crippen molar-refractivity contribution in [1.29, 1.82) is 0 Å². The van der Waals surface area contributed by atoms with Gasteiger partial charge in [-0.1, -0.05) is 0 Å². The van der Waals surface area contributed by atoms with Gasteiger partial charge >= 0.3 is 0 Å². The van der Waals surface area contributed by atoms with Crippen molar-refractivity contribution in [3.05, 3.63) is 0 Å². The quantitative estimate of drug-likeness (QED) is 0.597. The molecule has 3 heteroatoms. The van der Waals surface area contributed by atoms with Crippen LogP contribution in [0.1, 0.15) is 32.1 Å². The second-order valence-electron chi connectivity index (χ2n) is 5.30. The van der Waals surface area contributed by atoms with Gasteiger partial charge in [0.25, 0.3) is 0 Å². The summed E-state index contributed by atoms with van der Waals surface area (Å²) in [5.74, 6) is 0. The van der Waals surface area contributed by atoms with Crippen molar-refractivity contribution in [1.82, 2.24) is 5.32 Å². The highest BCUT2D eigenvalue weighted by molar-refractivity contribution is 5.12. The zero-order chi connectivity index (χ0) is 9.65. The van der Waals surface area contributed by atoms with Crippen molar-refractivity contribution in [3.63, 3.8) is 0 Å². The summed E-state index contributed by atoms with van der Waals surface area (Å²) in [5, 5.41) is 3.41. The molecule has 14 heavy (non-hydrogen) atoms. The molecule has 80 valence electrons. The summed E-state index contributed by atoms with van der Waals surface area (Å²) in [4.78, 5) is 0. The minimum atomic E-state index is 0.0946. The van der Waals surface area contributed by atoms with Gasteiger partial charge in [0.15, 0.2) is 0 Å². The van der Waals surface area contributed by atoms with Gasteiger partial charge in [-0.25, -0.2) is 0 Å². The molecule has 2 saturated heterocycles. The smallest absolute Gasteiger partial charge is 0.0839 e. The van der Waals surface area contributed by atoms with Crippen LogP contribution in [0.15, 0.2) is 0 Å². The number of nitrogens with one attached hydrogen (secondary N) is 1. The lowest BCUT2D eigenvalue weighted by Gasteiger charge is -2.45. The first-order valence-corrected chi connectivity index (χ1v) is 5.88. The van der Waals surface area contributed by atoms with Gasteiger partial charge in [0, 0.05) is 11.5 Å². The van der Waals surface area contributed by atoms with Crippen molar-refractivity contribution in [3.8, 4) is 0 Å². The molecule has 0 aromatic carbocycles. The van der Waals surface area contributed by atoms with Gasteiger partial charge < -0.3 is 15.8 Å². The molecular weight excluding hydrogens is 176 g/mol. The van der Waals surface area contributed by atoms with Gasteiger partial charge in [0.1, 0.15) is 0 Å². The van der Waals surface area contributed by atoms with Crippen LogP contribution in [0.5, 0.6) is 0 Å².